The number of nitrogens with zero attached hydrogens (tertiary/aromatic N) is 3. The van der Waals surface area contributed by atoms with Crippen LogP contribution in [0.25, 0.3) is 22.2 Å². The van der Waals surface area contributed by atoms with Gasteiger partial charge in [-0.3, -0.25) is 23.9 Å². The highest BCUT2D eigenvalue weighted by Crippen LogP contribution is 2.35. The predicted molar refractivity (Wildman–Crippen MR) is 216 cm³/mol. The van der Waals surface area contributed by atoms with Gasteiger partial charge in [-0.05, 0) is 69.9 Å². The second-order valence-corrected chi connectivity index (χ2v) is 17.7. The highest BCUT2D eigenvalue weighted by atomic mass is 32.2. The van der Waals surface area contributed by atoms with Crippen molar-refractivity contribution in [1.82, 2.24) is 24.8 Å². The van der Waals surface area contributed by atoms with E-state index in [1.165, 1.54) is 4.90 Å². The molecule has 1 saturated carbocycles. The quantitative estimate of drug-likeness (QED) is 0.274. The molecule has 2 saturated heterocycles. The topological polar surface area (TPSA) is 164 Å². The number of ether oxygens (including phenoxy) is 2. The number of benzene rings is 2. The van der Waals surface area contributed by atoms with Crippen molar-refractivity contribution >= 4 is 44.6 Å². The highest BCUT2D eigenvalue weighted by Gasteiger charge is 2.45. The third kappa shape index (κ3) is 9.95. The van der Waals surface area contributed by atoms with Gasteiger partial charge in [0.2, 0.25) is 27.7 Å². The van der Waals surface area contributed by atoms with E-state index in [4.69, 9.17) is 14.5 Å². The number of fused-ring (bicyclic) bond motifs is 2. The number of piperidine rings is 1. The van der Waals surface area contributed by atoms with E-state index in [2.05, 4.69) is 10.0 Å². The Morgan fingerprint density at radius 1 is 0.930 bits per heavy atom. The zero-order chi connectivity index (χ0) is 39.9. The molecule has 1 aromatic heterocycles. The summed E-state index contributed by atoms with van der Waals surface area (Å²) >= 11 is 0. The number of hydrogen-bond donors (Lipinski definition) is 2. The van der Waals surface area contributed by atoms with Crippen LogP contribution in [0.4, 0.5) is 0 Å². The first-order chi connectivity index (χ1) is 27.6. The number of aromatic nitrogens is 1. The Labute approximate surface area is 334 Å². The van der Waals surface area contributed by atoms with Gasteiger partial charge in [0, 0.05) is 54.9 Å². The summed E-state index contributed by atoms with van der Waals surface area (Å²) in [6, 6.07) is 14.8. The van der Waals surface area contributed by atoms with Gasteiger partial charge in [0.05, 0.1) is 30.1 Å². The Bertz CT molecular complexity index is 2080. The van der Waals surface area contributed by atoms with E-state index in [-0.39, 0.29) is 37.6 Å². The van der Waals surface area contributed by atoms with E-state index in [9.17, 15) is 27.6 Å². The van der Waals surface area contributed by atoms with Crippen LogP contribution in [0, 0.1) is 5.92 Å². The highest BCUT2D eigenvalue weighted by molar-refractivity contribution is 7.90. The lowest BCUT2D eigenvalue weighted by Gasteiger charge is -2.31. The maximum absolute atomic E-state index is 14.8. The minimum atomic E-state index is -3.87. The number of pyridine rings is 1. The van der Waals surface area contributed by atoms with Gasteiger partial charge in [0.25, 0.3) is 5.91 Å². The van der Waals surface area contributed by atoms with Gasteiger partial charge in [-0.2, -0.15) is 0 Å². The fraction of sp³-hybridized carbons (Fsp3) is 0.512. The lowest BCUT2D eigenvalue weighted by Crippen LogP contribution is -2.54. The monoisotopic (exact) mass is 799 g/mol. The Hall–Kier alpha value is -4.98. The molecule has 4 heterocycles. The maximum atomic E-state index is 14.8. The zero-order valence-corrected chi connectivity index (χ0v) is 33.4. The molecule has 0 unspecified atom stereocenters. The first-order valence-electron chi connectivity index (χ1n) is 20.4. The van der Waals surface area contributed by atoms with Crippen molar-refractivity contribution in [3.63, 3.8) is 0 Å². The summed E-state index contributed by atoms with van der Waals surface area (Å²) in [6.45, 7) is 1.42. The van der Waals surface area contributed by atoms with Crippen LogP contribution >= 0.6 is 0 Å². The molecule has 13 nitrogen and oxygen atoms in total. The summed E-state index contributed by atoms with van der Waals surface area (Å²) in [6.07, 6.45) is 10.9. The van der Waals surface area contributed by atoms with Crippen molar-refractivity contribution in [3.05, 3.63) is 66.7 Å². The number of carbonyl (C=O) groups excluding carboxylic acids is 4. The third-order valence-electron chi connectivity index (χ3n) is 11.5. The summed E-state index contributed by atoms with van der Waals surface area (Å²) in [5.74, 6) is -1.25. The smallest absolute Gasteiger partial charge is 0.256 e. The van der Waals surface area contributed by atoms with Crippen molar-refractivity contribution in [2.45, 2.75) is 107 Å². The largest absolute Gasteiger partial charge is 0.497 e. The van der Waals surface area contributed by atoms with E-state index < -0.39 is 51.2 Å². The Kier molecular flexibility index (Phi) is 12.8. The lowest BCUT2D eigenvalue weighted by atomic mass is 9.94. The Morgan fingerprint density at radius 3 is 2.46 bits per heavy atom. The molecular formula is C43H53N5O8S. The first-order valence-corrected chi connectivity index (χ1v) is 21.9. The molecule has 0 radical (unpaired) electrons. The van der Waals surface area contributed by atoms with Crippen molar-refractivity contribution in [1.29, 1.82) is 0 Å². The standard InChI is InChI=1S/C43H53N5O8S/c1-55-31-18-21-34-37(25-31)44-36(29-14-9-6-10-15-29)27-39(34)56-32-26-38-42(51)45-35(41(50)46-57(53,54)33-19-20-33)17-11-5-3-2-4-8-16-30(43(52)48(38)28-32)24-40(49)47-22-12-7-13-23-47/h5-6,9-11,14-15,18,21,25,27,30,32-33,35,38H,2-4,7-8,12-13,16-17,19-20,22-24,26,28H2,1H3,(H,45,51)(H,46,50)/t30-,32-,35+,38+/m1/s1. The molecule has 304 valence electrons. The number of rotatable bonds is 9. The summed E-state index contributed by atoms with van der Waals surface area (Å²) in [7, 11) is -2.28. The normalized spacial score (nSPS) is 23.9. The van der Waals surface area contributed by atoms with E-state index in [1.54, 1.807) is 13.2 Å². The summed E-state index contributed by atoms with van der Waals surface area (Å²) < 4.78 is 40.0. The molecule has 4 amide bonds. The number of hydrogen-bond acceptors (Lipinski definition) is 9. The van der Waals surface area contributed by atoms with Crippen LogP contribution in [0.2, 0.25) is 0 Å². The zero-order valence-electron chi connectivity index (χ0n) is 32.6. The fourth-order valence-corrected chi connectivity index (χ4v) is 9.44. The number of sulfonamides is 1. The maximum Gasteiger partial charge on any atom is 0.256 e. The lowest BCUT2D eigenvalue weighted by molar-refractivity contribution is -0.145. The minimum Gasteiger partial charge on any atom is -0.497 e. The number of carbonyl (C=O) groups is 4. The van der Waals surface area contributed by atoms with Crippen LogP contribution in [0.1, 0.15) is 83.5 Å². The average Bonchev–Trinajstić information content (AvgIpc) is 4.01. The second-order valence-electron chi connectivity index (χ2n) is 15.7. The molecule has 1 aliphatic carbocycles. The number of methoxy groups -OCH3 is 1. The fourth-order valence-electron chi connectivity index (χ4n) is 8.09. The molecule has 0 bridgehead atoms. The van der Waals surface area contributed by atoms with Gasteiger partial charge in [-0.1, -0.05) is 55.3 Å². The number of amides is 4. The summed E-state index contributed by atoms with van der Waals surface area (Å²) in [5.41, 5.74) is 2.20. The van der Waals surface area contributed by atoms with Crippen molar-refractivity contribution in [2.75, 3.05) is 26.7 Å². The van der Waals surface area contributed by atoms with Crippen molar-refractivity contribution < 1.29 is 37.1 Å². The van der Waals surface area contributed by atoms with Gasteiger partial charge in [-0.25, -0.2) is 13.4 Å². The molecule has 2 aromatic carbocycles. The van der Waals surface area contributed by atoms with Gasteiger partial charge < -0.3 is 24.6 Å². The van der Waals surface area contributed by atoms with Crippen LogP contribution in [-0.2, 0) is 29.2 Å². The summed E-state index contributed by atoms with van der Waals surface area (Å²) in [4.78, 5) is 64.5. The SMILES string of the molecule is COc1ccc2c(O[C@@H]3C[C@H]4C(=O)N[C@H](C(=O)NS(=O)(=O)C5CC5)CC=CCCCCC[C@H](CC(=O)N5CCCCC5)C(=O)N4C3)cc(-c3ccccc3)nc2c1. The van der Waals surface area contributed by atoms with Gasteiger partial charge in [-0.15, -0.1) is 0 Å². The Morgan fingerprint density at radius 2 is 1.70 bits per heavy atom. The number of likely N-dealkylation sites (tertiary alicyclic amines) is 1. The molecule has 2 N–H and O–H groups in total. The summed E-state index contributed by atoms with van der Waals surface area (Å²) in [5, 5.41) is 2.92. The molecule has 3 aliphatic heterocycles. The number of nitrogens with one attached hydrogen (secondary N) is 2. The van der Waals surface area contributed by atoms with Gasteiger partial charge in [0.1, 0.15) is 29.7 Å². The molecular weight excluding hydrogens is 747 g/mol. The molecule has 0 spiro atoms. The van der Waals surface area contributed by atoms with Crippen LogP contribution in [-0.4, -0.2) is 97.0 Å². The molecule has 57 heavy (non-hydrogen) atoms. The van der Waals surface area contributed by atoms with E-state index >= 15 is 0 Å². The second kappa shape index (κ2) is 18.1. The van der Waals surface area contributed by atoms with Gasteiger partial charge in [0.15, 0.2) is 0 Å². The first kappa shape index (κ1) is 40.2. The molecule has 3 fully saturated rings. The van der Waals surface area contributed by atoms with E-state index in [1.807, 2.05) is 65.6 Å². The minimum absolute atomic E-state index is 0.0520. The van der Waals surface area contributed by atoms with E-state index in [0.717, 1.165) is 55.9 Å². The molecule has 7 rings (SSSR count). The number of allylic oxidation sites excluding steroid dienone is 1. The van der Waals surface area contributed by atoms with Crippen LogP contribution in [0.15, 0.2) is 66.7 Å². The average molecular weight is 800 g/mol. The van der Waals surface area contributed by atoms with Gasteiger partial charge >= 0.3 is 0 Å². The Balaban J connectivity index is 1.20. The molecule has 4 aliphatic rings. The van der Waals surface area contributed by atoms with Crippen LogP contribution in [0.5, 0.6) is 11.5 Å². The molecule has 3 aromatic rings. The van der Waals surface area contributed by atoms with Crippen molar-refractivity contribution in [3.8, 4) is 22.8 Å². The predicted octanol–water partition coefficient (Wildman–Crippen LogP) is 5.28. The molecule has 4 atom stereocenters. The van der Waals surface area contributed by atoms with E-state index in [0.29, 0.717) is 55.1 Å². The molecule has 14 heteroatoms. The third-order valence-corrected chi connectivity index (χ3v) is 13.3. The van der Waals surface area contributed by atoms with Crippen LogP contribution < -0.4 is 19.5 Å². The van der Waals surface area contributed by atoms with Crippen LogP contribution in [0.3, 0.4) is 0 Å². The van der Waals surface area contributed by atoms with Crippen molar-refractivity contribution in [2.24, 2.45) is 5.92 Å².